The van der Waals surface area contributed by atoms with Crippen molar-refractivity contribution in [2.24, 2.45) is 0 Å². The molecule has 0 aliphatic heterocycles. The van der Waals surface area contributed by atoms with E-state index >= 15 is 0 Å². The van der Waals surface area contributed by atoms with Crippen LogP contribution in [0.3, 0.4) is 0 Å². The molecule has 14 rings (SSSR count). The molecule has 0 bridgehead atoms. The van der Waals surface area contributed by atoms with Gasteiger partial charge < -0.3 is 18.0 Å². The van der Waals surface area contributed by atoms with Crippen LogP contribution in [0.2, 0.25) is 0 Å². The lowest BCUT2D eigenvalue weighted by molar-refractivity contribution is 0.665. The minimum Gasteiger partial charge on any atom is -0.456 e. The van der Waals surface area contributed by atoms with Gasteiger partial charge in [0.2, 0.25) is 0 Å². The monoisotopic (exact) mass is 847 g/mol. The summed E-state index contributed by atoms with van der Waals surface area (Å²) in [5.74, 6) is 1.63. The minimum absolute atomic E-state index is 0.535. The van der Waals surface area contributed by atoms with Gasteiger partial charge in [0.05, 0.1) is 44.6 Å². The molecule has 0 aliphatic carbocycles. The van der Waals surface area contributed by atoms with Crippen LogP contribution in [0, 0.1) is 13.8 Å². The zero-order valence-electron chi connectivity index (χ0n) is 36.0. The normalized spacial score (nSPS) is 12.1. The van der Waals surface area contributed by atoms with Crippen molar-refractivity contribution in [1.82, 2.24) is 24.1 Å². The second-order valence-electron chi connectivity index (χ2n) is 17.2. The van der Waals surface area contributed by atoms with Crippen molar-refractivity contribution in [1.29, 1.82) is 0 Å². The van der Waals surface area contributed by atoms with Crippen LogP contribution in [0.25, 0.3) is 133 Å². The highest BCUT2D eigenvalue weighted by atomic mass is 16.3. The molecular weight excluding hydrogens is 811 g/mol. The summed E-state index contributed by atoms with van der Waals surface area (Å²) in [6.45, 7) is 4.27. The van der Waals surface area contributed by atoms with Gasteiger partial charge in [0.15, 0.2) is 17.5 Å². The maximum Gasteiger partial charge on any atom is 0.166 e. The van der Waals surface area contributed by atoms with Gasteiger partial charge in [-0.3, -0.25) is 0 Å². The van der Waals surface area contributed by atoms with Crippen LogP contribution in [-0.2, 0) is 0 Å². The summed E-state index contributed by atoms with van der Waals surface area (Å²) < 4.78 is 18.3. The van der Waals surface area contributed by atoms with Crippen molar-refractivity contribution in [3.05, 3.63) is 199 Å². The van der Waals surface area contributed by atoms with Gasteiger partial charge >= 0.3 is 0 Å². The van der Waals surface area contributed by atoms with Crippen molar-refractivity contribution in [3.63, 3.8) is 0 Å². The number of hydrogen-bond donors (Lipinski definition) is 0. The average Bonchev–Trinajstić information content (AvgIpc) is 4.12. The van der Waals surface area contributed by atoms with E-state index in [0.717, 1.165) is 105 Å². The van der Waals surface area contributed by atoms with Gasteiger partial charge in [-0.15, -0.1) is 0 Å². The van der Waals surface area contributed by atoms with E-state index in [1.807, 2.05) is 42.5 Å². The molecule has 0 saturated carbocycles. The summed E-state index contributed by atoms with van der Waals surface area (Å²) in [7, 11) is 0. The Morgan fingerprint density at radius 1 is 0.333 bits per heavy atom. The van der Waals surface area contributed by atoms with Crippen LogP contribution < -0.4 is 0 Å². The summed E-state index contributed by atoms with van der Waals surface area (Å²) in [4.78, 5) is 16.6. The van der Waals surface area contributed by atoms with Crippen LogP contribution in [0.5, 0.6) is 0 Å². The van der Waals surface area contributed by atoms with Gasteiger partial charge in [-0.1, -0.05) is 140 Å². The lowest BCUT2D eigenvalue weighted by atomic mass is 9.99. The fourth-order valence-corrected chi connectivity index (χ4v) is 10.6. The Hall–Kier alpha value is -8.81. The van der Waals surface area contributed by atoms with E-state index in [4.69, 9.17) is 23.8 Å². The van der Waals surface area contributed by atoms with E-state index in [-0.39, 0.29) is 0 Å². The Kier molecular flexibility index (Phi) is 7.69. The zero-order chi connectivity index (χ0) is 43.6. The van der Waals surface area contributed by atoms with Gasteiger partial charge in [-0.05, 0) is 62.4 Å². The maximum atomic E-state index is 6.77. The summed E-state index contributed by atoms with van der Waals surface area (Å²) in [5.41, 5.74) is 14.0. The lowest BCUT2D eigenvalue weighted by Crippen LogP contribution is -2.07. The number of rotatable bonds is 5. The third-order valence-electron chi connectivity index (χ3n) is 13.5. The summed E-state index contributed by atoms with van der Waals surface area (Å²) in [6, 6.07) is 65.8. The number of aryl methyl sites for hydroxylation is 2. The van der Waals surface area contributed by atoms with Gasteiger partial charge in [0.1, 0.15) is 22.3 Å². The molecule has 66 heavy (non-hydrogen) atoms. The highest BCUT2D eigenvalue weighted by molar-refractivity contribution is 6.15. The van der Waals surface area contributed by atoms with Crippen LogP contribution in [0.4, 0.5) is 0 Å². The van der Waals surface area contributed by atoms with E-state index in [1.54, 1.807) is 0 Å². The average molecular weight is 848 g/mol. The van der Waals surface area contributed by atoms with Gasteiger partial charge in [0, 0.05) is 59.8 Å². The second kappa shape index (κ2) is 13.8. The maximum absolute atomic E-state index is 6.77. The van der Waals surface area contributed by atoms with Crippen LogP contribution in [0.15, 0.2) is 197 Å². The molecule has 0 radical (unpaired) electrons. The number of aromatic nitrogens is 5. The van der Waals surface area contributed by atoms with E-state index in [1.165, 1.54) is 21.5 Å². The molecule has 5 heterocycles. The van der Waals surface area contributed by atoms with Gasteiger partial charge in [-0.25, -0.2) is 15.0 Å². The highest BCUT2D eigenvalue weighted by Crippen LogP contribution is 2.46. The Balaban J connectivity index is 1.15. The fourth-order valence-electron chi connectivity index (χ4n) is 10.6. The molecule has 0 amide bonds. The first-order valence-electron chi connectivity index (χ1n) is 22.3. The molecule has 9 aromatic carbocycles. The van der Waals surface area contributed by atoms with Crippen molar-refractivity contribution < 1.29 is 8.83 Å². The number of nitrogens with zero attached hydrogens (tertiary/aromatic N) is 5. The Morgan fingerprint density at radius 3 is 1.08 bits per heavy atom. The third-order valence-corrected chi connectivity index (χ3v) is 13.5. The van der Waals surface area contributed by atoms with Crippen LogP contribution in [0.1, 0.15) is 11.1 Å². The van der Waals surface area contributed by atoms with Crippen molar-refractivity contribution in [2.75, 3.05) is 0 Å². The fraction of sp³-hybridized carbons (Fsp3) is 0.0339. The topological polar surface area (TPSA) is 74.8 Å². The Labute approximate surface area is 377 Å². The van der Waals surface area contributed by atoms with E-state index in [2.05, 4.69) is 169 Å². The molecule has 0 saturated heterocycles. The first-order valence-corrected chi connectivity index (χ1v) is 22.3. The summed E-state index contributed by atoms with van der Waals surface area (Å²) >= 11 is 0. The second-order valence-corrected chi connectivity index (χ2v) is 17.2. The van der Waals surface area contributed by atoms with Crippen LogP contribution in [-0.4, -0.2) is 24.1 Å². The molecule has 0 unspecified atom stereocenters. The molecule has 0 spiro atoms. The molecule has 7 heteroatoms. The molecule has 0 fully saturated rings. The zero-order valence-corrected chi connectivity index (χ0v) is 36.0. The van der Waals surface area contributed by atoms with Crippen molar-refractivity contribution in [3.8, 4) is 45.5 Å². The number of furan rings is 2. The molecule has 7 nitrogen and oxygen atoms in total. The summed E-state index contributed by atoms with van der Waals surface area (Å²) in [5, 5.41) is 8.83. The predicted octanol–water partition coefficient (Wildman–Crippen LogP) is 15.5. The molecule has 310 valence electrons. The minimum atomic E-state index is 0.535. The van der Waals surface area contributed by atoms with E-state index < -0.39 is 0 Å². The molecule has 0 aliphatic rings. The first-order chi connectivity index (χ1) is 32.6. The predicted molar refractivity (Wildman–Crippen MR) is 269 cm³/mol. The number of benzene rings is 9. The first kappa shape index (κ1) is 36.7. The van der Waals surface area contributed by atoms with E-state index in [9.17, 15) is 0 Å². The highest BCUT2D eigenvalue weighted by Gasteiger charge is 2.28. The van der Waals surface area contributed by atoms with Crippen molar-refractivity contribution in [2.45, 2.75) is 13.8 Å². The summed E-state index contributed by atoms with van der Waals surface area (Å²) in [6.07, 6.45) is 0. The number of para-hydroxylation sites is 6. The standard InChI is InChI=1S/C59H37N5O2/c1-34-53(49(32-43-41-24-10-16-30-51(41)65-55(34)43)63-45-26-12-6-20-37(45)38-21-7-13-27-46(38)63)58-60-57(36-18-4-3-5-19-36)61-59(62-58)54-35(2)56-44(42-25-11-17-31-52(42)66-56)33-50(54)64-47-28-14-8-22-39(47)40-23-9-15-29-48(40)64/h3-33H,1-2H3. The van der Waals surface area contributed by atoms with E-state index in [0.29, 0.717) is 17.5 Å². The smallest absolute Gasteiger partial charge is 0.166 e. The van der Waals surface area contributed by atoms with Gasteiger partial charge in [0.25, 0.3) is 0 Å². The third kappa shape index (κ3) is 5.16. The van der Waals surface area contributed by atoms with Crippen LogP contribution >= 0.6 is 0 Å². The van der Waals surface area contributed by atoms with Crippen molar-refractivity contribution >= 4 is 87.5 Å². The van der Waals surface area contributed by atoms with Gasteiger partial charge in [-0.2, -0.15) is 0 Å². The molecule has 0 atom stereocenters. The molecular formula is C59H37N5O2. The lowest BCUT2D eigenvalue weighted by Gasteiger charge is -2.19. The molecule has 5 aromatic heterocycles. The molecule has 14 aromatic rings. The molecule has 0 N–H and O–H groups in total. The Morgan fingerprint density at radius 2 is 0.667 bits per heavy atom. The quantitative estimate of drug-likeness (QED) is 0.172. The Bertz CT molecular complexity index is 3960. The SMILES string of the molecule is Cc1c(-c2nc(-c3ccccc3)nc(-c3c(-n4c5ccccc5c5ccccc54)cc4c(oc5ccccc54)c3C)n2)c(-n2c3ccccc3c3ccccc32)cc2c1oc1ccccc12. The number of hydrogen-bond acceptors (Lipinski definition) is 5. The number of fused-ring (bicyclic) bond motifs is 12. The largest absolute Gasteiger partial charge is 0.456 e.